The van der Waals surface area contributed by atoms with Crippen molar-refractivity contribution in [2.45, 2.75) is 33.5 Å². The lowest BCUT2D eigenvalue weighted by Gasteiger charge is -2.16. The molecule has 53 heavy (non-hydrogen) atoms. The molecular weight excluding hydrogens is 676 g/mol. The van der Waals surface area contributed by atoms with Crippen LogP contribution in [0.1, 0.15) is 28.1 Å². The van der Waals surface area contributed by atoms with Gasteiger partial charge in [0, 0.05) is 36.3 Å². The van der Waals surface area contributed by atoms with Crippen LogP contribution in [0, 0.1) is 13.8 Å². The molecule has 3 N–H and O–H groups in total. The molecule has 0 aliphatic rings. The van der Waals surface area contributed by atoms with Crippen molar-refractivity contribution in [3.05, 3.63) is 152 Å². The standard InChI is InChI=1S/C23H22N4O3.C16H16N4O3/c1-16-22-19(24-13-18-10-6-7-11-20(18)29-2)12-21(28)27(23(22)26-15-25-16)30-14-17-8-4-3-5-9-17;1-10-15-12(7-14(21)20(22)16(15)19-9-18-10)17-8-11-5-3-4-6-13(11)23-2/h3-12,15,24H,13-14H2,1-2H3;3-7,9,17,22H,8H2,1-2H3. The van der Waals surface area contributed by atoms with Crippen LogP contribution in [0.15, 0.2) is 113 Å². The van der Waals surface area contributed by atoms with E-state index in [9.17, 15) is 14.8 Å². The van der Waals surface area contributed by atoms with Crippen LogP contribution in [0.2, 0.25) is 0 Å². The highest BCUT2D eigenvalue weighted by Crippen LogP contribution is 2.26. The highest BCUT2D eigenvalue weighted by Gasteiger charge is 2.16. The van der Waals surface area contributed by atoms with Crippen LogP contribution >= 0.6 is 0 Å². The minimum atomic E-state index is -0.557. The summed E-state index contributed by atoms with van der Waals surface area (Å²) in [5.41, 5.74) is 5.26. The number of ether oxygens (including phenoxy) is 2. The molecule has 0 saturated carbocycles. The Balaban J connectivity index is 0.000000188. The van der Waals surface area contributed by atoms with E-state index in [-0.39, 0.29) is 17.8 Å². The summed E-state index contributed by atoms with van der Waals surface area (Å²) >= 11 is 0. The van der Waals surface area contributed by atoms with Crippen molar-refractivity contribution in [2.75, 3.05) is 24.9 Å². The lowest BCUT2D eigenvalue weighted by Crippen LogP contribution is -2.28. The Labute approximate surface area is 304 Å². The molecule has 0 fully saturated rings. The maximum absolute atomic E-state index is 12.8. The van der Waals surface area contributed by atoms with Crippen molar-refractivity contribution >= 4 is 33.4 Å². The predicted molar refractivity (Wildman–Crippen MR) is 202 cm³/mol. The average molecular weight is 715 g/mol. The largest absolute Gasteiger partial charge is 0.496 e. The zero-order chi connectivity index (χ0) is 37.3. The molecule has 7 rings (SSSR count). The molecule has 3 aromatic carbocycles. The number of anilines is 2. The Bertz CT molecular complexity index is 2490. The topological polar surface area (TPSA) is 168 Å². The number of aryl methyl sites for hydroxylation is 2. The van der Waals surface area contributed by atoms with E-state index in [1.54, 1.807) is 21.1 Å². The third-order valence-electron chi connectivity index (χ3n) is 8.44. The molecule has 4 heterocycles. The highest BCUT2D eigenvalue weighted by atomic mass is 16.7. The van der Waals surface area contributed by atoms with Gasteiger partial charge in [0.25, 0.3) is 11.1 Å². The van der Waals surface area contributed by atoms with E-state index in [2.05, 4.69) is 30.6 Å². The van der Waals surface area contributed by atoms with Gasteiger partial charge in [-0.15, -0.1) is 9.46 Å². The predicted octanol–water partition coefficient (Wildman–Crippen LogP) is 5.31. The first kappa shape index (κ1) is 35.9. The van der Waals surface area contributed by atoms with Crippen LogP contribution in [0.25, 0.3) is 22.1 Å². The molecule has 7 aromatic rings. The van der Waals surface area contributed by atoms with E-state index in [1.165, 1.54) is 29.5 Å². The van der Waals surface area contributed by atoms with E-state index in [0.29, 0.717) is 45.9 Å². The molecule has 0 amide bonds. The Hall–Kier alpha value is -6.96. The first-order chi connectivity index (χ1) is 25.8. The second-order valence-corrected chi connectivity index (χ2v) is 11.8. The molecule has 0 atom stereocenters. The number of fused-ring (bicyclic) bond motifs is 2. The Morgan fingerprint density at radius 1 is 0.642 bits per heavy atom. The molecule has 0 bridgehead atoms. The minimum absolute atomic E-state index is 0.174. The van der Waals surface area contributed by atoms with Crippen molar-refractivity contribution in [1.29, 1.82) is 0 Å². The Morgan fingerprint density at radius 3 is 1.70 bits per heavy atom. The summed E-state index contributed by atoms with van der Waals surface area (Å²) in [5.74, 6) is 1.54. The maximum atomic E-state index is 12.8. The smallest absolute Gasteiger partial charge is 0.287 e. The first-order valence-electron chi connectivity index (χ1n) is 16.6. The molecule has 0 unspecified atom stereocenters. The van der Waals surface area contributed by atoms with Crippen LogP contribution < -0.4 is 36.1 Å². The molecule has 0 aliphatic carbocycles. The number of para-hydroxylation sites is 2. The third kappa shape index (κ3) is 8.01. The highest BCUT2D eigenvalue weighted by molar-refractivity contribution is 5.91. The summed E-state index contributed by atoms with van der Waals surface area (Å²) in [6, 6.07) is 27.9. The Kier molecular flexibility index (Phi) is 11.1. The summed E-state index contributed by atoms with van der Waals surface area (Å²) in [6.45, 7) is 4.88. The van der Waals surface area contributed by atoms with Crippen LogP contribution in [0.3, 0.4) is 0 Å². The minimum Gasteiger partial charge on any atom is -0.496 e. The summed E-state index contributed by atoms with van der Waals surface area (Å²) in [4.78, 5) is 47.3. The number of benzene rings is 3. The van der Waals surface area contributed by atoms with Crippen molar-refractivity contribution in [2.24, 2.45) is 0 Å². The fourth-order valence-electron chi connectivity index (χ4n) is 5.78. The van der Waals surface area contributed by atoms with E-state index in [1.807, 2.05) is 85.8 Å². The fraction of sp³-hybridized carbons (Fsp3) is 0.179. The van der Waals surface area contributed by atoms with Crippen LogP contribution in [-0.2, 0) is 19.7 Å². The van der Waals surface area contributed by atoms with Gasteiger partial charge in [-0.3, -0.25) is 9.59 Å². The number of hydrogen-bond acceptors (Lipinski definition) is 12. The van der Waals surface area contributed by atoms with Crippen molar-refractivity contribution in [3.63, 3.8) is 0 Å². The van der Waals surface area contributed by atoms with Crippen LogP contribution in [0.4, 0.5) is 11.4 Å². The van der Waals surface area contributed by atoms with Crippen molar-refractivity contribution in [1.82, 2.24) is 29.4 Å². The molecule has 0 spiro atoms. The molecule has 14 heteroatoms. The van der Waals surface area contributed by atoms with Gasteiger partial charge in [0.05, 0.1) is 47.8 Å². The maximum Gasteiger partial charge on any atom is 0.287 e. The van der Waals surface area contributed by atoms with Gasteiger partial charge < -0.3 is 30.2 Å². The van der Waals surface area contributed by atoms with E-state index in [4.69, 9.17) is 14.3 Å². The number of hydrogen-bond donors (Lipinski definition) is 3. The number of pyridine rings is 2. The van der Waals surface area contributed by atoms with Crippen LogP contribution in [0.5, 0.6) is 11.5 Å². The zero-order valence-corrected chi connectivity index (χ0v) is 29.6. The molecule has 14 nitrogen and oxygen atoms in total. The first-order valence-corrected chi connectivity index (χ1v) is 16.6. The van der Waals surface area contributed by atoms with E-state index in [0.717, 1.165) is 39.3 Å². The molecule has 0 radical (unpaired) electrons. The number of nitrogens with zero attached hydrogens (tertiary/aromatic N) is 6. The monoisotopic (exact) mass is 714 g/mol. The summed E-state index contributed by atoms with van der Waals surface area (Å²) in [5, 5.41) is 17.7. The second kappa shape index (κ2) is 16.4. The number of aromatic nitrogens is 6. The van der Waals surface area contributed by atoms with Gasteiger partial charge in [-0.25, -0.2) is 19.9 Å². The molecule has 4 aromatic heterocycles. The van der Waals surface area contributed by atoms with Gasteiger partial charge in [0.1, 0.15) is 30.8 Å². The zero-order valence-electron chi connectivity index (χ0n) is 29.6. The molecule has 0 saturated heterocycles. The van der Waals surface area contributed by atoms with Crippen molar-refractivity contribution < 1.29 is 19.5 Å². The lowest BCUT2D eigenvalue weighted by atomic mass is 10.1. The van der Waals surface area contributed by atoms with Gasteiger partial charge in [-0.1, -0.05) is 66.7 Å². The summed E-state index contributed by atoms with van der Waals surface area (Å²) in [6.07, 6.45) is 2.75. The summed E-state index contributed by atoms with van der Waals surface area (Å²) in [7, 11) is 3.25. The van der Waals surface area contributed by atoms with Crippen molar-refractivity contribution in [3.8, 4) is 11.5 Å². The van der Waals surface area contributed by atoms with Crippen LogP contribution in [-0.4, -0.2) is 48.8 Å². The second-order valence-electron chi connectivity index (χ2n) is 11.8. The summed E-state index contributed by atoms with van der Waals surface area (Å²) < 4.78 is 12.5. The van der Waals surface area contributed by atoms with Gasteiger partial charge in [-0.2, -0.15) is 0 Å². The Morgan fingerprint density at radius 2 is 1.13 bits per heavy atom. The fourth-order valence-corrected chi connectivity index (χ4v) is 5.78. The quantitative estimate of drug-likeness (QED) is 0.148. The van der Waals surface area contributed by atoms with Gasteiger partial charge in [0.2, 0.25) is 0 Å². The average Bonchev–Trinajstić information content (AvgIpc) is 3.18. The normalized spacial score (nSPS) is 10.7. The molecular formula is C39H38N8O6. The molecule has 0 aliphatic heterocycles. The van der Waals surface area contributed by atoms with E-state index < -0.39 is 5.56 Å². The van der Waals surface area contributed by atoms with Gasteiger partial charge >= 0.3 is 0 Å². The number of rotatable bonds is 11. The number of methoxy groups -OCH3 is 2. The van der Waals surface area contributed by atoms with E-state index >= 15 is 0 Å². The van der Waals surface area contributed by atoms with Gasteiger partial charge in [0.15, 0.2) is 11.3 Å². The van der Waals surface area contributed by atoms with Gasteiger partial charge in [-0.05, 0) is 31.5 Å². The lowest BCUT2D eigenvalue weighted by molar-refractivity contribution is 0.0979. The number of nitrogens with one attached hydrogen (secondary N) is 2. The SMILES string of the molecule is COc1ccccc1CNc1cc(=O)n(O)c2ncnc(C)c12.COc1ccccc1CNc1cc(=O)n(OCc2ccccc2)c2ncnc(C)c12. The third-order valence-corrected chi connectivity index (χ3v) is 8.44. The molecule has 270 valence electrons.